The van der Waals surface area contributed by atoms with Crippen LogP contribution in [-0.2, 0) is 6.54 Å². The van der Waals surface area contributed by atoms with E-state index in [0.29, 0.717) is 6.04 Å². The zero-order valence-electron chi connectivity index (χ0n) is 11.2. The number of nitrogen functional groups attached to an aromatic ring is 1. The lowest BCUT2D eigenvalue weighted by atomic mass is 10.1. The molecule has 0 bridgehead atoms. The van der Waals surface area contributed by atoms with Gasteiger partial charge >= 0.3 is 0 Å². The lowest BCUT2D eigenvalue weighted by Gasteiger charge is -2.28. The van der Waals surface area contributed by atoms with Gasteiger partial charge in [-0.1, -0.05) is 6.07 Å². The molecule has 1 unspecified atom stereocenters. The molecule has 18 heavy (non-hydrogen) atoms. The van der Waals surface area contributed by atoms with Crippen LogP contribution < -0.4 is 5.73 Å². The first kappa shape index (κ1) is 13.8. The largest absolute Gasteiger partial charge is 0.398 e. The molecule has 1 aliphatic heterocycles. The minimum absolute atomic E-state index is 0.599. The number of hydrogen-bond acceptors (Lipinski definition) is 3. The van der Waals surface area contributed by atoms with Gasteiger partial charge in [0.2, 0.25) is 0 Å². The molecule has 1 heterocycles. The normalized spacial score (nSPS) is 22.9. The maximum atomic E-state index is 5.94. The first-order chi connectivity index (χ1) is 8.56. The van der Waals surface area contributed by atoms with Crippen LogP contribution in [0.1, 0.15) is 18.9 Å². The molecule has 0 aliphatic carbocycles. The second-order valence-corrected chi connectivity index (χ2v) is 6.15. The molecule has 0 saturated carbocycles. The Morgan fingerprint density at radius 1 is 1.39 bits per heavy atom. The van der Waals surface area contributed by atoms with Crippen LogP contribution in [0.2, 0.25) is 0 Å². The molecule has 0 aromatic heterocycles. The van der Waals surface area contributed by atoms with Gasteiger partial charge in [0, 0.05) is 35.8 Å². The van der Waals surface area contributed by atoms with Gasteiger partial charge in [0.15, 0.2) is 0 Å². The van der Waals surface area contributed by atoms with E-state index in [1.807, 2.05) is 6.07 Å². The number of rotatable bonds is 2. The summed E-state index contributed by atoms with van der Waals surface area (Å²) in [4.78, 5) is 4.97. The maximum absolute atomic E-state index is 5.94. The second kappa shape index (κ2) is 6.04. The third kappa shape index (κ3) is 3.46. The monoisotopic (exact) mass is 311 g/mol. The molecule has 2 rings (SSSR count). The van der Waals surface area contributed by atoms with Crippen molar-refractivity contribution in [1.82, 2.24) is 9.80 Å². The molecule has 100 valence electrons. The first-order valence-corrected chi connectivity index (χ1v) is 7.32. The number of likely N-dealkylation sites (N-methyl/N-ethyl adjacent to an activating group) is 1. The van der Waals surface area contributed by atoms with Crippen LogP contribution in [-0.4, -0.2) is 42.5 Å². The first-order valence-electron chi connectivity index (χ1n) is 6.53. The predicted octanol–water partition coefficient (Wildman–Crippen LogP) is 2.56. The summed E-state index contributed by atoms with van der Waals surface area (Å²) >= 11 is 3.44. The van der Waals surface area contributed by atoms with Crippen LogP contribution in [0.25, 0.3) is 0 Å². The van der Waals surface area contributed by atoms with Crippen LogP contribution in [0.15, 0.2) is 22.7 Å². The molecular formula is C14H22BrN3. The summed E-state index contributed by atoms with van der Waals surface area (Å²) in [6, 6.07) is 6.87. The van der Waals surface area contributed by atoms with E-state index in [0.717, 1.165) is 23.2 Å². The van der Waals surface area contributed by atoms with Crippen LogP contribution in [0.4, 0.5) is 5.69 Å². The summed E-state index contributed by atoms with van der Waals surface area (Å²) in [6.07, 6.45) is 1.24. The van der Waals surface area contributed by atoms with Crippen molar-refractivity contribution < 1.29 is 0 Å². The molecule has 1 aromatic carbocycles. The standard InChI is InChI=1S/C14H22BrN3/c1-11-9-17(2)6-3-7-18(11)10-12-4-5-13(15)14(16)8-12/h4-5,8,11H,3,6-7,9-10,16H2,1-2H3. The van der Waals surface area contributed by atoms with Gasteiger partial charge in [0.1, 0.15) is 0 Å². The zero-order valence-corrected chi connectivity index (χ0v) is 12.8. The average Bonchev–Trinajstić information content (AvgIpc) is 2.46. The van der Waals surface area contributed by atoms with E-state index in [1.54, 1.807) is 0 Å². The van der Waals surface area contributed by atoms with Gasteiger partial charge < -0.3 is 10.6 Å². The summed E-state index contributed by atoms with van der Waals surface area (Å²) in [7, 11) is 2.21. The van der Waals surface area contributed by atoms with Gasteiger partial charge in [0.05, 0.1) is 0 Å². The third-order valence-corrected chi connectivity index (χ3v) is 4.35. The van der Waals surface area contributed by atoms with Gasteiger partial charge in [-0.3, -0.25) is 4.90 Å². The fourth-order valence-electron chi connectivity index (χ4n) is 2.58. The van der Waals surface area contributed by atoms with E-state index in [2.05, 4.69) is 51.8 Å². The molecule has 3 nitrogen and oxygen atoms in total. The molecule has 0 radical (unpaired) electrons. The smallest absolute Gasteiger partial charge is 0.0461 e. The van der Waals surface area contributed by atoms with Crippen LogP contribution >= 0.6 is 15.9 Å². The Morgan fingerprint density at radius 3 is 2.89 bits per heavy atom. The second-order valence-electron chi connectivity index (χ2n) is 5.29. The van der Waals surface area contributed by atoms with Crippen molar-refractivity contribution in [2.75, 3.05) is 32.4 Å². The van der Waals surface area contributed by atoms with E-state index in [1.165, 1.54) is 25.1 Å². The topological polar surface area (TPSA) is 32.5 Å². The quantitative estimate of drug-likeness (QED) is 0.852. The van der Waals surface area contributed by atoms with Crippen LogP contribution in [0, 0.1) is 0 Å². The van der Waals surface area contributed by atoms with Gasteiger partial charge in [-0.05, 0) is 60.6 Å². The Hall–Kier alpha value is -0.580. The Labute approximate surface area is 118 Å². The number of nitrogens with zero attached hydrogens (tertiary/aromatic N) is 2. The van der Waals surface area contributed by atoms with Crippen molar-refractivity contribution >= 4 is 21.6 Å². The number of nitrogens with two attached hydrogens (primary N) is 1. The Balaban J connectivity index is 2.05. The van der Waals surface area contributed by atoms with Gasteiger partial charge in [-0.2, -0.15) is 0 Å². The minimum atomic E-state index is 0.599. The average molecular weight is 312 g/mol. The molecule has 4 heteroatoms. The summed E-state index contributed by atoms with van der Waals surface area (Å²) < 4.78 is 0.981. The molecule has 1 fully saturated rings. The summed E-state index contributed by atoms with van der Waals surface area (Å²) in [6.45, 7) is 6.81. The van der Waals surface area contributed by atoms with E-state index < -0.39 is 0 Å². The van der Waals surface area contributed by atoms with Crippen LogP contribution in [0.3, 0.4) is 0 Å². The molecule has 1 atom stereocenters. The van der Waals surface area contributed by atoms with Gasteiger partial charge in [-0.15, -0.1) is 0 Å². The number of anilines is 1. The van der Waals surface area contributed by atoms with Gasteiger partial charge in [0.25, 0.3) is 0 Å². The highest BCUT2D eigenvalue weighted by Gasteiger charge is 2.19. The van der Waals surface area contributed by atoms with Gasteiger partial charge in [-0.25, -0.2) is 0 Å². The minimum Gasteiger partial charge on any atom is -0.398 e. The highest BCUT2D eigenvalue weighted by molar-refractivity contribution is 9.10. The number of hydrogen-bond donors (Lipinski definition) is 1. The van der Waals surface area contributed by atoms with Crippen molar-refractivity contribution in [3.8, 4) is 0 Å². The summed E-state index contributed by atoms with van der Waals surface area (Å²) in [5, 5.41) is 0. The van der Waals surface area contributed by atoms with Crippen molar-refractivity contribution in [1.29, 1.82) is 0 Å². The number of halogens is 1. The van der Waals surface area contributed by atoms with Crippen molar-refractivity contribution in [3.05, 3.63) is 28.2 Å². The Morgan fingerprint density at radius 2 is 2.17 bits per heavy atom. The molecule has 2 N–H and O–H groups in total. The Bertz CT molecular complexity index is 408. The Kier molecular flexibility index (Phi) is 4.65. The van der Waals surface area contributed by atoms with E-state index in [9.17, 15) is 0 Å². The maximum Gasteiger partial charge on any atom is 0.0461 e. The highest BCUT2D eigenvalue weighted by atomic mass is 79.9. The SMILES string of the molecule is CC1CN(C)CCCN1Cc1ccc(Br)c(N)c1. The van der Waals surface area contributed by atoms with Crippen molar-refractivity contribution in [3.63, 3.8) is 0 Å². The molecule has 1 saturated heterocycles. The molecular weight excluding hydrogens is 290 g/mol. The zero-order chi connectivity index (χ0) is 13.1. The highest BCUT2D eigenvalue weighted by Crippen LogP contribution is 2.22. The fraction of sp³-hybridized carbons (Fsp3) is 0.571. The molecule has 1 aliphatic rings. The van der Waals surface area contributed by atoms with E-state index in [-0.39, 0.29) is 0 Å². The summed E-state index contributed by atoms with van der Waals surface area (Å²) in [5.41, 5.74) is 8.06. The predicted molar refractivity (Wildman–Crippen MR) is 80.5 cm³/mol. The molecule has 1 aromatic rings. The lowest BCUT2D eigenvalue weighted by molar-refractivity contribution is 0.194. The van der Waals surface area contributed by atoms with Crippen LogP contribution in [0.5, 0.6) is 0 Å². The lowest BCUT2D eigenvalue weighted by Crippen LogP contribution is -2.37. The third-order valence-electron chi connectivity index (χ3n) is 3.63. The van der Waals surface area contributed by atoms with E-state index in [4.69, 9.17) is 5.73 Å². The van der Waals surface area contributed by atoms with Crippen molar-refractivity contribution in [2.24, 2.45) is 0 Å². The van der Waals surface area contributed by atoms with E-state index >= 15 is 0 Å². The fourth-order valence-corrected chi connectivity index (χ4v) is 2.83. The van der Waals surface area contributed by atoms with Crippen molar-refractivity contribution in [2.45, 2.75) is 25.9 Å². The molecule has 0 spiro atoms. The molecule has 0 amide bonds. The summed E-state index contributed by atoms with van der Waals surface area (Å²) in [5.74, 6) is 0. The number of benzene rings is 1.